The van der Waals surface area contributed by atoms with Crippen molar-refractivity contribution in [3.8, 4) is 17.1 Å². The summed E-state index contributed by atoms with van der Waals surface area (Å²) in [6, 6.07) is 18.1. The van der Waals surface area contributed by atoms with E-state index >= 15 is 0 Å². The number of aromatic nitrogens is 5. The van der Waals surface area contributed by atoms with Gasteiger partial charge in [0.2, 0.25) is 11.8 Å². The highest BCUT2D eigenvalue weighted by Gasteiger charge is 2.36. The molecule has 10 nitrogen and oxygen atoms in total. The zero-order chi connectivity index (χ0) is 30.3. The van der Waals surface area contributed by atoms with E-state index in [1.807, 2.05) is 53.6 Å². The van der Waals surface area contributed by atoms with Crippen LogP contribution in [0.5, 0.6) is 5.88 Å². The van der Waals surface area contributed by atoms with Crippen LogP contribution in [0.25, 0.3) is 33.2 Å². The van der Waals surface area contributed by atoms with Crippen LogP contribution >= 0.6 is 0 Å². The summed E-state index contributed by atoms with van der Waals surface area (Å²) in [5, 5.41) is 1.03. The lowest BCUT2D eigenvalue weighted by Gasteiger charge is -2.41. The van der Waals surface area contributed by atoms with Crippen molar-refractivity contribution in [3.63, 3.8) is 0 Å². The molecule has 45 heavy (non-hydrogen) atoms. The van der Waals surface area contributed by atoms with Gasteiger partial charge in [-0.25, -0.2) is 15.0 Å². The lowest BCUT2D eigenvalue weighted by molar-refractivity contribution is -0.137. The van der Waals surface area contributed by atoms with Crippen molar-refractivity contribution in [2.45, 2.75) is 44.2 Å². The van der Waals surface area contributed by atoms with Gasteiger partial charge in [0.15, 0.2) is 0 Å². The highest BCUT2D eigenvalue weighted by atomic mass is 16.5. The van der Waals surface area contributed by atoms with E-state index in [-0.39, 0.29) is 18.5 Å². The van der Waals surface area contributed by atoms with Gasteiger partial charge in [-0.1, -0.05) is 36.8 Å². The fourth-order valence-electron chi connectivity index (χ4n) is 7.18. The van der Waals surface area contributed by atoms with Crippen LogP contribution in [0.1, 0.15) is 49.3 Å². The third-order valence-electron chi connectivity index (χ3n) is 9.86. The highest BCUT2D eigenvalue weighted by molar-refractivity contribution is 5.85. The van der Waals surface area contributed by atoms with E-state index in [9.17, 15) is 4.79 Å². The zero-order valence-corrected chi connectivity index (χ0v) is 25.7. The molecule has 1 saturated carbocycles. The summed E-state index contributed by atoms with van der Waals surface area (Å²) < 4.78 is 13.5. The molecule has 1 unspecified atom stereocenters. The number of imidazole rings is 2. The molecule has 1 N–H and O–H groups in total. The van der Waals surface area contributed by atoms with Crippen LogP contribution in [-0.4, -0.2) is 86.7 Å². The number of methoxy groups -OCH3 is 1. The SMILES string of the molecule is COc1nc2ccccc2cc1-c1cnc([C@@H]2CN(CC3CCOC3)CCN2C(=O)Cn2c(C3CCC3)nc3ccccc32)[nH]1. The molecular formula is C35H39N7O3. The molecule has 2 saturated heterocycles. The Morgan fingerprint density at radius 2 is 1.89 bits per heavy atom. The molecule has 1 aliphatic carbocycles. The number of H-pyrrole nitrogens is 1. The number of amides is 1. The van der Waals surface area contributed by atoms with Gasteiger partial charge in [0.25, 0.3) is 0 Å². The summed E-state index contributed by atoms with van der Waals surface area (Å²) in [6.07, 6.45) is 6.41. The number of para-hydroxylation sites is 3. The Hall–Kier alpha value is -4.28. The van der Waals surface area contributed by atoms with Gasteiger partial charge in [0.05, 0.1) is 47.7 Å². The topological polar surface area (TPSA) is 101 Å². The number of carbonyl (C=O) groups excluding carboxylic acids is 1. The van der Waals surface area contributed by atoms with Crippen LogP contribution in [0.2, 0.25) is 0 Å². The van der Waals surface area contributed by atoms with Gasteiger partial charge in [-0.2, -0.15) is 0 Å². The van der Waals surface area contributed by atoms with E-state index < -0.39 is 0 Å². The van der Waals surface area contributed by atoms with Gasteiger partial charge in [0.1, 0.15) is 24.2 Å². The third-order valence-corrected chi connectivity index (χ3v) is 9.86. The van der Waals surface area contributed by atoms with E-state index in [1.165, 1.54) is 6.42 Å². The number of hydrogen-bond acceptors (Lipinski definition) is 7. The summed E-state index contributed by atoms with van der Waals surface area (Å²) in [5.41, 5.74) is 4.53. The Kier molecular flexibility index (Phi) is 7.46. The van der Waals surface area contributed by atoms with Crippen molar-refractivity contribution in [1.82, 2.24) is 34.3 Å². The number of piperazine rings is 1. The predicted octanol–water partition coefficient (Wildman–Crippen LogP) is 5.17. The molecule has 1 amide bonds. The third kappa shape index (κ3) is 5.36. The summed E-state index contributed by atoms with van der Waals surface area (Å²) in [4.78, 5) is 37.0. The number of fused-ring (bicyclic) bond motifs is 2. The van der Waals surface area contributed by atoms with E-state index in [0.717, 1.165) is 90.4 Å². The first-order chi connectivity index (χ1) is 22.1. The second kappa shape index (κ2) is 11.9. The Bertz CT molecular complexity index is 1840. The van der Waals surface area contributed by atoms with Crippen LogP contribution in [-0.2, 0) is 16.1 Å². The number of benzene rings is 2. The number of hydrogen-bond donors (Lipinski definition) is 1. The molecule has 0 spiro atoms. The average Bonchev–Trinajstić information content (AvgIpc) is 3.81. The number of aromatic amines is 1. The van der Waals surface area contributed by atoms with E-state index in [1.54, 1.807) is 7.11 Å². The molecule has 232 valence electrons. The number of nitrogens with one attached hydrogen (secondary N) is 1. The standard InChI is InChI=1S/C35H39N7O3/c1-44-35-26(17-25-7-2-3-10-27(25)39-35)29-18-36-33(37-29)31-20-40(19-23-13-16-45-22-23)14-15-41(31)32(43)21-42-30-12-5-4-11-28(30)38-34(42)24-8-6-9-24/h2-5,7,10-12,17-18,23-24,31H,6,8-9,13-16,19-22H2,1H3,(H,36,37)/t23?,31-/m0/s1. The molecular weight excluding hydrogens is 566 g/mol. The van der Waals surface area contributed by atoms with Crippen molar-refractivity contribution in [2.75, 3.05) is 46.5 Å². The van der Waals surface area contributed by atoms with Gasteiger partial charge in [0, 0.05) is 44.1 Å². The van der Waals surface area contributed by atoms with Crippen molar-refractivity contribution in [1.29, 1.82) is 0 Å². The summed E-state index contributed by atoms with van der Waals surface area (Å²) in [6.45, 7) is 5.05. The Labute approximate surface area is 262 Å². The highest BCUT2D eigenvalue weighted by Crippen LogP contribution is 2.38. The van der Waals surface area contributed by atoms with Crippen molar-refractivity contribution in [2.24, 2.45) is 5.92 Å². The van der Waals surface area contributed by atoms with Crippen LogP contribution < -0.4 is 4.74 Å². The first kappa shape index (κ1) is 28.2. The van der Waals surface area contributed by atoms with Crippen molar-refractivity contribution >= 4 is 27.8 Å². The maximum absolute atomic E-state index is 14.3. The fourth-order valence-corrected chi connectivity index (χ4v) is 7.18. The van der Waals surface area contributed by atoms with E-state index in [0.29, 0.717) is 30.8 Å². The lowest BCUT2D eigenvalue weighted by Crippen LogP contribution is -2.52. The normalized spacial score (nSPS) is 21.0. The minimum atomic E-state index is -0.219. The molecule has 3 fully saturated rings. The lowest BCUT2D eigenvalue weighted by atomic mass is 9.85. The minimum absolute atomic E-state index is 0.0930. The molecule has 5 heterocycles. The van der Waals surface area contributed by atoms with Crippen LogP contribution in [0.3, 0.4) is 0 Å². The molecule has 0 radical (unpaired) electrons. The molecule has 2 aromatic carbocycles. The van der Waals surface area contributed by atoms with Crippen LogP contribution in [0, 0.1) is 5.92 Å². The fraction of sp³-hybridized carbons (Fsp3) is 0.429. The van der Waals surface area contributed by atoms with E-state index in [2.05, 4.69) is 26.6 Å². The second-order valence-corrected chi connectivity index (χ2v) is 12.7. The summed E-state index contributed by atoms with van der Waals surface area (Å²) in [5.74, 6) is 3.40. The first-order valence-corrected chi connectivity index (χ1v) is 16.2. The Balaban J connectivity index is 1.12. The molecule has 8 rings (SSSR count). The van der Waals surface area contributed by atoms with E-state index in [4.69, 9.17) is 24.4 Å². The first-order valence-electron chi connectivity index (χ1n) is 16.2. The number of nitrogens with zero attached hydrogens (tertiary/aromatic N) is 6. The molecule has 5 aromatic rings. The Morgan fingerprint density at radius 1 is 1.04 bits per heavy atom. The molecule has 3 aromatic heterocycles. The minimum Gasteiger partial charge on any atom is -0.480 e. The molecule has 2 atom stereocenters. The van der Waals surface area contributed by atoms with Crippen molar-refractivity contribution in [3.05, 3.63) is 72.4 Å². The quantitative estimate of drug-likeness (QED) is 0.260. The van der Waals surface area contributed by atoms with Gasteiger partial charge < -0.3 is 23.9 Å². The van der Waals surface area contributed by atoms with Crippen molar-refractivity contribution < 1.29 is 14.3 Å². The average molecular weight is 606 g/mol. The maximum Gasteiger partial charge on any atom is 0.243 e. The predicted molar refractivity (Wildman–Crippen MR) is 172 cm³/mol. The second-order valence-electron chi connectivity index (χ2n) is 12.7. The molecule has 10 heteroatoms. The van der Waals surface area contributed by atoms with Gasteiger partial charge in [-0.15, -0.1) is 0 Å². The molecule has 0 bridgehead atoms. The smallest absolute Gasteiger partial charge is 0.243 e. The number of pyridine rings is 1. The van der Waals surface area contributed by atoms with Gasteiger partial charge in [-0.05, 0) is 49.4 Å². The zero-order valence-electron chi connectivity index (χ0n) is 25.7. The maximum atomic E-state index is 14.3. The molecule has 2 aliphatic heterocycles. The van der Waals surface area contributed by atoms with Crippen LogP contribution in [0.4, 0.5) is 0 Å². The molecule has 3 aliphatic rings. The summed E-state index contributed by atoms with van der Waals surface area (Å²) >= 11 is 0. The summed E-state index contributed by atoms with van der Waals surface area (Å²) in [7, 11) is 1.64. The largest absolute Gasteiger partial charge is 0.480 e. The monoisotopic (exact) mass is 605 g/mol. The number of carbonyl (C=O) groups is 1. The number of ether oxygens (including phenoxy) is 2. The van der Waals surface area contributed by atoms with Gasteiger partial charge >= 0.3 is 0 Å². The number of rotatable bonds is 8. The van der Waals surface area contributed by atoms with Gasteiger partial charge in [-0.3, -0.25) is 9.69 Å². The van der Waals surface area contributed by atoms with Crippen LogP contribution in [0.15, 0.2) is 60.8 Å². The Morgan fingerprint density at radius 3 is 2.69 bits per heavy atom.